The van der Waals surface area contributed by atoms with Gasteiger partial charge in [-0.15, -0.1) is 0 Å². The number of amides is 2. The van der Waals surface area contributed by atoms with Gasteiger partial charge in [0.05, 0.1) is 22.3 Å². The third kappa shape index (κ3) is 2.67. The van der Waals surface area contributed by atoms with Gasteiger partial charge in [-0.1, -0.05) is 18.2 Å². The summed E-state index contributed by atoms with van der Waals surface area (Å²) in [7, 11) is 0. The van der Waals surface area contributed by atoms with Gasteiger partial charge in [-0.2, -0.15) is 0 Å². The molecule has 6 heteroatoms. The van der Waals surface area contributed by atoms with E-state index in [0.29, 0.717) is 5.69 Å². The Hall–Kier alpha value is -2.21. The monoisotopic (exact) mass is 345 g/mol. The second-order valence-electron chi connectivity index (χ2n) is 4.66. The first-order valence-electron chi connectivity index (χ1n) is 6.44. The molecular weight excluding hydrogens is 334 g/mol. The van der Waals surface area contributed by atoms with Crippen LogP contribution in [0.15, 0.2) is 53.3 Å². The van der Waals surface area contributed by atoms with Crippen molar-refractivity contribution >= 4 is 39.1 Å². The molecule has 2 heterocycles. The van der Waals surface area contributed by atoms with Crippen LogP contribution in [-0.4, -0.2) is 22.8 Å². The Morgan fingerprint density at radius 3 is 2.67 bits per heavy atom. The van der Waals surface area contributed by atoms with Crippen molar-refractivity contribution in [1.82, 2.24) is 4.98 Å². The molecule has 0 bridgehead atoms. The lowest BCUT2D eigenvalue weighted by Gasteiger charge is -2.16. The number of pyridine rings is 1. The van der Waals surface area contributed by atoms with E-state index >= 15 is 0 Å². The maximum Gasteiger partial charge on any atom is 0.256 e. The number of para-hydroxylation sites is 1. The Bertz CT molecular complexity index is 690. The van der Waals surface area contributed by atoms with Crippen molar-refractivity contribution in [2.24, 2.45) is 0 Å². The summed E-state index contributed by atoms with van der Waals surface area (Å²) in [5, 5.41) is 3.09. The summed E-state index contributed by atoms with van der Waals surface area (Å²) in [6.45, 7) is 0. The number of hydrogen-bond donors (Lipinski definition) is 1. The second kappa shape index (κ2) is 5.65. The molecule has 1 unspecified atom stereocenters. The number of anilines is 2. The van der Waals surface area contributed by atoms with E-state index in [4.69, 9.17) is 0 Å². The van der Waals surface area contributed by atoms with Crippen molar-refractivity contribution in [3.05, 3.63) is 53.3 Å². The molecule has 1 aromatic heterocycles. The van der Waals surface area contributed by atoms with E-state index in [1.165, 1.54) is 4.90 Å². The maximum absolute atomic E-state index is 12.4. The van der Waals surface area contributed by atoms with E-state index in [-0.39, 0.29) is 18.2 Å². The molecule has 3 rings (SSSR count). The van der Waals surface area contributed by atoms with E-state index in [1.807, 2.05) is 6.07 Å². The van der Waals surface area contributed by atoms with Gasteiger partial charge in [-0.05, 0) is 34.1 Å². The molecule has 1 aliphatic rings. The Morgan fingerprint density at radius 2 is 1.95 bits per heavy atom. The number of benzene rings is 1. The zero-order valence-corrected chi connectivity index (χ0v) is 12.6. The number of nitrogens with one attached hydrogen (secondary N) is 1. The number of nitrogens with zero attached hydrogens (tertiary/aromatic N) is 2. The van der Waals surface area contributed by atoms with Crippen LogP contribution in [0.25, 0.3) is 0 Å². The third-order valence-corrected chi connectivity index (χ3v) is 3.90. The van der Waals surface area contributed by atoms with E-state index in [1.54, 1.807) is 42.7 Å². The molecule has 1 aliphatic heterocycles. The average Bonchev–Trinajstić information content (AvgIpc) is 2.77. The highest BCUT2D eigenvalue weighted by Crippen LogP contribution is 2.27. The third-order valence-electron chi connectivity index (χ3n) is 3.26. The highest BCUT2D eigenvalue weighted by Gasteiger charge is 2.39. The van der Waals surface area contributed by atoms with Crippen molar-refractivity contribution in [2.75, 3.05) is 10.2 Å². The first-order valence-corrected chi connectivity index (χ1v) is 7.24. The molecule has 106 valence electrons. The van der Waals surface area contributed by atoms with Crippen LogP contribution in [0.4, 0.5) is 11.4 Å². The Labute approximate surface area is 130 Å². The van der Waals surface area contributed by atoms with E-state index in [0.717, 1.165) is 10.2 Å². The summed E-state index contributed by atoms with van der Waals surface area (Å²) < 4.78 is 0.753. The fraction of sp³-hybridized carbons (Fsp3) is 0.133. The van der Waals surface area contributed by atoms with E-state index < -0.39 is 6.04 Å². The molecular formula is C15H12BrN3O2. The van der Waals surface area contributed by atoms with E-state index in [2.05, 4.69) is 26.2 Å². The van der Waals surface area contributed by atoms with E-state index in [9.17, 15) is 9.59 Å². The Kier molecular flexibility index (Phi) is 3.70. The smallest absolute Gasteiger partial charge is 0.256 e. The highest BCUT2D eigenvalue weighted by molar-refractivity contribution is 9.10. The standard InChI is InChI=1S/C15H12BrN3O2/c16-11-9-17-7-6-12(11)18-13-8-14(20)19(15(13)21)10-4-2-1-3-5-10/h1-7,9,13H,8H2,(H,17,18). The summed E-state index contributed by atoms with van der Waals surface area (Å²) in [5.41, 5.74) is 1.34. The lowest BCUT2D eigenvalue weighted by Crippen LogP contribution is -2.34. The molecule has 0 saturated carbocycles. The van der Waals surface area contributed by atoms with Crippen LogP contribution in [0, 0.1) is 0 Å². The number of halogens is 1. The molecule has 2 amide bonds. The molecule has 1 fully saturated rings. The minimum absolute atomic E-state index is 0.141. The average molecular weight is 346 g/mol. The van der Waals surface area contributed by atoms with Crippen LogP contribution < -0.4 is 10.2 Å². The van der Waals surface area contributed by atoms with Crippen molar-refractivity contribution < 1.29 is 9.59 Å². The summed E-state index contributed by atoms with van der Waals surface area (Å²) >= 11 is 3.36. The van der Waals surface area contributed by atoms with Crippen molar-refractivity contribution in [3.8, 4) is 0 Å². The Morgan fingerprint density at radius 1 is 1.19 bits per heavy atom. The highest BCUT2D eigenvalue weighted by atomic mass is 79.9. The molecule has 1 saturated heterocycles. The van der Waals surface area contributed by atoms with Crippen molar-refractivity contribution in [3.63, 3.8) is 0 Å². The second-order valence-corrected chi connectivity index (χ2v) is 5.51. The SMILES string of the molecule is O=C1CC(Nc2ccncc2Br)C(=O)N1c1ccccc1. The number of carbonyl (C=O) groups excluding carboxylic acids is 2. The molecule has 21 heavy (non-hydrogen) atoms. The number of imide groups is 1. The summed E-state index contributed by atoms with van der Waals surface area (Å²) in [6, 6.07) is 10.1. The number of rotatable bonds is 3. The topological polar surface area (TPSA) is 62.3 Å². The van der Waals surface area contributed by atoms with Crippen LogP contribution in [0.2, 0.25) is 0 Å². The molecule has 1 aromatic carbocycles. The van der Waals surface area contributed by atoms with Gasteiger partial charge in [0.1, 0.15) is 6.04 Å². The van der Waals surface area contributed by atoms with Gasteiger partial charge >= 0.3 is 0 Å². The van der Waals surface area contributed by atoms with Crippen LogP contribution in [-0.2, 0) is 9.59 Å². The number of aromatic nitrogens is 1. The van der Waals surface area contributed by atoms with Gasteiger partial charge in [-0.25, -0.2) is 4.90 Å². The fourth-order valence-corrected chi connectivity index (χ4v) is 2.64. The first-order chi connectivity index (χ1) is 10.2. The molecule has 0 radical (unpaired) electrons. The lowest BCUT2D eigenvalue weighted by atomic mass is 10.2. The minimum atomic E-state index is -0.559. The molecule has 5 nitrogen and oxygen atoms in total. The molecule has 1 N–H and O–H groups in total. The molecule has 1 atom stereocenters. The van der Waals surface area contributed by atoms with Crippen LogP contribution in [0.1, 0.15) is 6.42 Å². The summed E-state index contributed by atoms with van der Waals surface area (Å²) in [6.07, 6.45) is 3.41. The predicted molar refractivity (Wildman–Crippen MR) is 82.9 cm³/mol. The quantitative estimate of drug-likeness (QED) is 0.868. The van der Waals surface area contributed by atoms with Crippen LogP contribution in [0.5, 0.6) is 0 Å². The molecule has 0 spiro atoms. The zero-order valence-electron chi connectivity index (χ0n) is 11.0. The van der Waals surface area contributed by atoms with Crippen molar-refractivity contribution in [2.45, 2.75) is 12.5 Å². The summed E-state index contributed by atoms with van der Waals surface area (Å²) in [4.78, 5) is 29.8. The van der Waals surface area contributed by atoms with Gasteiger partial charge in [0.25, 0.3) is 5.91 Å². The number of hydrogen-bond acceptors (Lipinski definition) is 4. The van der Waals surface area contributed by atoms with Gasteiger partial charge < -0.3 is 5.32 Å². The minimum Gasteiger partial charge on any atom is -0.372 e. The fourth-order valence-electron chi connectivity index (χ4n) is 2.27. The van der Waals surface area contributed by atoms with Crippen LogP contribution in [0.3, 0.4) is 0 Å². The Balaban J connectivity index is 1.83. The first kappa shape index (κ1) is 13.8. The normalized spacial score (nSPS) is 18.1. The maximum atomic E-state index is 12.4. The molecule has 2 aromatic rings. The molecule has 0 aliphatic carbocycles. The van der Waals surface area contributed by atoms with Gasteiger partial charge in [-0.3, -0.25) is 14.6 Å². The van der Waals surface area contributed by atoms with Crippen LogP contribution >= 0.6 is 15.9 Å². The largest absolute Gasteiger partial charge is 0.372 e. The van der Waals surface area contributed by atoms with Gasteiger partial charge in [0, 0.05) is 12.4 Å². The predicted octanol–water partition coefficient (Wildman–Crippen LogP) is 2.59. The zero-order chi connectivity index (χ0) is 14.8. The van der Waals surface area contributed by atoms with Gasteiger partial charge in [0.15, 0.2) is 0 Å². The lowest BCUT2D eigenvalue weighted by molar-refractivity contribution is -0.121. The van der Waals surface area contributed by atoms with Gasteiger partial charge in [0.2, 0.25) is 5.91 Å². The number of carbonyl (C=O) groups is 2. The summed E-state index contributed by atoms with van der Waals surface area (Å²) in [5.74, 6) is -0.441. The van der Waals surface area contributed by atoms with Crippen molar-refractivity contribution in [1.29, 1.82) is 0 Å².